The maximum Gasteiger partial charge on any atom is 0.291 e. The molecule has 4 rings (SSSR count). The summed E-state index contributed by atoms with van der Waals surface area (Å²) in [5, 5.41) is 14.9. The number of tetrazole rings is 1. The summed E-state index contributed by atoms with van der Waals surface area (Å²) in [6, 6.07) is 11.3. The maximum absolute atomic E-state index is 12.8. The number of nitrogens with zero attached hydrogens (tertiary/aromatic N) is 4. The van der Waals surface area contributed by atoms with E-state index in [4.69, 9.17) is 4.42 Å². The average molecular weight is 412 g/mol. The summed E-state index contributed by atoms with van der Waals surface area (Å²) in [7, 11) is 0. The third-order valence-electron chi connectivity index (χ3n) is 4.19. The Morgan fingerprint density at radius 1 is 1.19 bits per heavy atom. The molecule has 1 N–H and O–H groups in total. The minimum atomic E-state index is -0.299. The quantitative estimate of drug-likeness (QED) is 0.549. The van der Waals surface area contributed by atoms with Gasteiger partial charge in [0.25, 0.3) is 5.91 Å². The molecule has 0 aliphatic heterocycles. The van der Waals surface area contributed by atoms with Crippen molar-refractivity contribution in [3.05, 3.63) is 64.1 Å². The van der Waals surface area contributed by atoms with Gasteiger partial charge in [-0.1, -0.05) is 22.0 Å². The molecule has 2 heterocycles. The Labute approximate surface area is 157 Å². The number of benzene rings is 2. The number of hydrogen-bond acceptors (Lipinski definition) is 5. The molecule has 0 atom stereocenters. The van der Waals surface area contributed by atoms with Gasteiger partial charge in [0.15, 0.2) is 5.76 Å². The molecule has 130 valence electrons. The number of aromatic nitrogens is 4. The van der Waals surface area contributed by atoms with E-state index < -0.39 is 0 Å². The van der Waals surface area contributed by atoms with Crippen LogP contribution in [0.4, 0.5) is 5.69 Å². The standard InChI is InChI=1S/C18H14BrN5O2/c1-10-3-5-13(24-9-20-22-23-24)8-15(10)21-18(25)17-11(2)14-7-12(19)4-6-16(14)26-17/h3-9H,1-2H3,(H,21,25). The summed E-state index contributed by atoms with van der Waals surface area (Å²) in [6.45, 7) is 3.79. The third kappa shape index (κ3) is 2.88. The molecule has 0 radical (unpaired) electrons. The summed E-state index contributed by atoms with van der Waals surface area (Å²) in [5.74, 6) is -0.00267. The number of hydrogen-bond donors (Lipinski definition) is 1. The van der Waals surface area contributed by atoms with Crippen LogP contribution in [0.15, 0.2) is 51.6 Å². The van der Waals surface area contributed by atoms with Gasteiger partial charge in [0.2, 0.25) is 0 Å². The Morgan fingerprint density at radius 2 is 2.04 bits per heavy atom. The molecule has 2 aromatic heterocycles. The number of aryl methyl sites for hydroxylation is 2. The van der Waals surface area contributed by atoms with Crippen LogP contribution < -0.4 is 5.32 Å². The highest BCUT2D eigenvalue weighted by Crippen LogP contribution is 2.29. The normalized spacial score (nSPS) is 11.0. The Morgan fingerprint density at radius 3 is 2.81 bits per heavy atom. The van der Waals surface area contributed by atoms with Gasteiger partial charge in [0.05, 0.1) is 5.69 Å². The van der Waals surface area contributed by atoms with Crippen LogP contribution in [0.2, 0.25) is 0 Å². The topological polar surface area (TPSA) is 85.8 Å². The van der Waals surface area contributed by atoms with Gasteiger partial charge in [-0.2, -0.15) is 0 Å². The highest BCUT2D eigenvalue weighted by molar-refractivity contribution is 9.10. The van der Waals surface area contributed by atoms with Crippen molar-refractivity contribution in [3.8, 4) is 5.69 Å². The minimum Gasteiger partial charge on any atom is -0.451 e. The van der Waals surface area contributed by atoms with E-state index in [9.17, 15) is 4.79 Å². The van der Waals surface area contributed by atoms with Crippen molar-refractivity contribution in [2.45, 2.75) is 13.8 Å². The van der Waals surface area contributed by atoms with Crippen LogP contribution >= 0.6 is 15.9 Å². The van der Waals surface area contributed by atoms with E-state index in [1.54, 1.807) is 0 Å². The zero-order valence-electron chi connectivity index (χ0n) is 14.0. The van der Waals surface area contributed by atoms with Gasteiger partial charge < -0.3 is 9.73 Å². The molecule has 4 aromatic rings. The first kappa shape index (κ1) is 16.5. The van der Waals surface area contributed by atoms with Crippen LogP contribution in [0.5, 0.6) is 0 Å². The lowest BCUT2D eigenvalue weighted by Crippen LogP contribution is -2.13. The largest absolute Gasteiger partial charge is 0.451 e. The zero-order chi connectivity index (χ0) is 18.3. The van der Waals surface area contributed by atoms with Crippen molar-refractivity contribution < 1.29 is 9.21 Å². The zero-order valence-corrected chi connectivity index (χ0v) is 15.6. The lowest BCUT2D eigenvalue weighted by atomic mass is 10.1. The molecule has 7 nitrogen and oxygen atoms in total. The van der Waals surface area contributed by atoms with Crippen LogP contribution in [0, 0.1) is 13.8 Å². The highest BCUT2D eigenvalue weighted by Gasteiger charge is 2.19. The summed E-state index contributed by atoms with van der Waals surface area (Å²) >= 11 is 3.44. The first-order valence-electron chi connectivity index (χ1n) is 7.87. The Hall–Kier alpha value is -3.00. The van der Waals surface area contributed by atoms with E-state index in [0.717, 1.165) is 26.7 Å². The van der Waals surface area contributed by atoms with Crippen molar-refractivity contribution >= 4 is 38.5 Å². The van der Waals surface area contributed by atoms with Crippen molar-refractivity contribution in [3.63, 3.8) is 0 Å². The first-order chi connectivity index (χ1) is 12.5. The smallest absolute Gasteiger partial charge is 0.291 e. The van der Waals surface area contributed by atoms with Gasteiger partial charge in [-0.3, -0.25) is 4.79 Å². The van der Waals surface area contributed by atoms with Crippen LogP contribution in [0.25, 0.3) is 16.7 Å². The molecule has 26 heavy (non-hydrogen) atoms. The number of anilines is 1. The van der Waals surface area contributed by atoms with E-state index >= 15 is 0 Å². The van der Waals surface area contributed by atoms with E-state index in [1.165, 1.54) is 11.0 Å². The molecule has 0 saturated heterocycles. The fourth-order valence-corrected chi connectivity index (χ4v) is 3.12. The summed E-state index contributed by atoms with van der Waals surface area (Å²) < 4.78 is 8.22. The van der Waals surface area contributed by atoms with Gasteiger partial charge in [-0.25, -0.2) is 4.68 Å². The van der Waals surface area contributed by atoms with Crippen LogP contribution in [0.3, 0.4) is 0 Å². The fourth-order valence-electron chi connectivity index (χ4n) is 2.76. The Balaban J connectivity index is 1.68. The Bertz CT molecular complexity index is 1120. The average Bonchev–Trinajstić information content (AvgIpc) is 3.26. The van der Waals surface area contributed by atoms with Crippen LogP contribution in [-0.2, 0) is 0 Å². The molecule has 0 aliphatic carbocycles. The number of fused-ring (bicyclic) bond motifs is 1. The van der Waals surface area contributed by atoms with Crippen molar-refractivity contribution in [1.82, 2.24) is 20.2 Å². The number of nitrogens with one attached hydrogen (secondary N) is 1. The van der Waals surface area contributed by atoms with E-state index in [-0.39, 0.29) is 5.91 Å². The minimum absolute atomic E-state index is 0.297. The molecule has 0 fully saturated rings. The molecule has 0 bridgehead atoms. The van der Waals surface area contributed by atoms with E-state index in [2.05, 4.69) is 36.8 Å². The summed E-state index contributed by atoms with van der Waals surface area (Å²) in [5.41, 5.74) is 3.82. The summed E-state index contributed by atoms with van der Waals surface area (Å²) in [6.07, 6.45) is 1.50. The van der Waals surface area contributed by atoms with Gasteiger partial charge >= 0.3 is 0 Å². The third-order valence-corrected chi connectivity index (χ3v) is 4.68. The molecular formula is C18H14BrN5O2. The second-order valence-electron chi connectivity index (χ2n) is 5.90. The maximum atomic E-state index is 12.8. The van der Waals surface area contributed by atoms with Gasteiger partial charge in [-0.15, -0.1) is 5.10 Å². The number of amides is 1. The van der Waals surface area contributed by atoms with Crippen LogP contribution in [0.1, 0.15) is 21.7 Å². The van der Waals surface area contributed by atoms with Crippen molar-refractivity contribution in [1.29, 1.82) is 0 Å². The van der Waals surface area contributed by atoms with Crippen molar-refractivity contribution in [2.24, 2.45) is 0 Å². The van der Waals surface area contributed by atoms with Gasteiger partial charge in [0, 0.05) is 21.1 Å². The predicted molar refractivity (Wildman–Crippen MR) is 100 cm³/mol. The number of furan rings is 1. The Kier molecular flexibility index (Phi) is 4.04. The SMILES string of the molecule is Cc1ccc(-n2cnnn2)cc1NC(=O)c1oc2ccc(Br)cc2c1C. The number of halogens is 1. The second-order valence-corrected chi connectivity index (χ2v) is 6.82. The number of carbonyl (C=O) groups is 1. The van der Waals surface area contributed by atoms with E-state index in [1.807, 2.05) is 50.2 Å². The highest BCUT2D eigenvalue weighted by atomic mass is 79.9. The molecule has 8 heteroatoms. The molecule has 0 spiro atoms. The van der Waals surface area contributed by atoms with Crippen molar-refractivity contribution in [2.75, 3.05) is 5.32 Å². The molecule has 0 aliphatic rings. The van der Waals surface area contributed by atoms with Crippen LogP contribution in [-0.4, -0.2) is 26.1 Å². The lowest BCUT2D eigenvalue weighted by Gasteiger charge is -2.09. The predicted octanol–water partition coefficient (Wildman–Crippen LogP) is 4.04. The first-order valence-corrected chi connectivity index (χ1v) is 8.66. The molecule has 1 amide bonds. The number of rotatable bonds is 3. The molecule has 0 saturated carbocycles. The van der Waals surface area contributed by atoms with E-state index in [0.29, 0.717) is 17.0 Å². The second kappa shape index (κ2) is 6.38. The van der Waals surface area contributed by atoms with Gasteiger partial charge in [-0.05, 0) is 60.2 Å². The summed E-state index contributed by atoms with van der Waals surface area (Å²) in [4.78, 5) is 12.8. The molecular weight excluding hydrogens is 398 g/mol. The molecule has 2 aromatic carbocycles. The fraction of sp³-hybridized carbons (Fsp3) is 0.111. The lowest BCUT2D eigenvalue weighted by molar-refractivity contribution is 0.0998. The number of carbonyl (C=O) groups excluding carboxylic acids is 1. The monoisotopic (exact) mass is 411 g/mol. The van der Waals surface area contributed by atoms with Gasteiger partial charge in [0.1, 0.15) is 11.9 Å². The molecule has 0 unspecified atom stereocenters.